The Balaban J connectivity index is 1.44. The number of esters is 1. The third-order valence-electron chi connectivity index (χ3n) is 5.28. The van der Waals surface area contributed by atoms with E-state index >= 15 is 0 Å². The predicted octanol–water partition coefficient (Wildman–Crippen LogP) is 5.72. The van der Waals surface area contributed by atoms with Crippen molar-refractivity contribution in [2.75, 3.05) is 14.2 Å². The SMILES string of the molecule is COc1ccc(/C=C/C(=O)Oc2ccc(/C=C3/SC(=S)N(Cc4ccccc4)C3=O)cc2OC)cc1. The van der Waals surface area contributed by atoms with Crippen molar-refractivity contribution in [3.05, 3.63) is 100 Å². The molecule has 3 aromatic carbocycles. The summed E-state index contributed by atoms with van der Waals surface area (Å²) in [6.07, 6.45) is 4.75. The first-order chi connectivity index (χ1) is 17.5. The maximum absolute atomic E-state index is 13.0. The van der Waals surface area contributed by atoms with Crippen LogP contribution in [0.25, 0.3) is 12.2 Å². The second-order valence-electron chi connectivity index (χ2n) is 7.69. The maximum atomic E-state index is 13.0. The Kier molecular flexibility index (Phi) is 8.20. The number of ether oxygens (including phenoxy) is 3. The van der Waals surface area contributed by atoms with Crippen LogP contribution in [0.2, 0.25) is 0 Å². The van der Waals surface area contributed by atoms with Gasteiger partial charge < -0.3 is 14.2 Å². The van der Waals surface area contributed by atoms with Crippen LogP contribution in [0.1, 0.15) is 16.7 Å². The van der Waals surface area contributed by atoms with E-state index in [4.69, 9.17) is 26.4 Å². The molecule has 36 heavy (non-hydrogen) atoms. The van der Waals surface area contributed by atoms with Crippen molar-refractivity contribution < 1.29 is 23.8 Å². The third kappa shape index (κ3) is 6.21. The van der Waals surface area contributed by atoms with Gasteiger partial charge in [-0.15, -0.1) is 0 Å². The molecule has 3 aromatic rings. The summed E-state index contributed by atoms with van der Waals surface area (Å²) in [6.45, 7) is 0.422. The second-order valence-corrected chi connectivity index (χ2v) is 9.37. The van der Waals surface area contributed by atoms with E-state index in [2.05, 4.69) is 0 Å². The fraction of sp³-hybridized carbons (Fsp3) is 0.107. The standard InChI is InChI=1S/C28H23NO5S2/c1-32-22-12-8-19(9-13-22)11-15-26(30)34-23-14-10-21(16-24(23)33-2)17-25-27(31)29(28(35)36-25)18-20-6-4-3-5-7-20/h3-17H,18H2,1-2H3/b15-11+,25-17+. The minimum atomic E-state index is -0.543. The molecule has 8 heteroatoms. The number of carbonyl (C=O) groups excluding carboxylic acids is 2. The average Bonchev–Trinajstić information content (AvgIpc) is 3.16. The second kappa shape index (κ2) is 11.7. The first kappa shape index (κ1) is 25.2. The van der Waals surface area contributed by atoms with Gasteiger partial charge in [-0.25, -0.2) is 4.79 Å². The minimum absolute atomic E-state index is 0.146. The molecule has 0 unspecified atom stereocenters. The zero-order valence-corrected chi connectivity index (χ0v) is 21.3. The summed E-state index contributed by atoms with van der Waals surface area (Å²) in [5.41, 5.74) is 2.56. The molecule has 0 bridgehead atoms. The number of amides is 1. The highest BCUT2D eigenvalue weighted by molar-refractivity contribution is 8.26. The molecule has 6 nitrogen and oxygen atoms in total. The summed E-state index contributed by atoms with van der Waals surface area (Å²) < 4.78 is 16.5. The van der Waals surface area contributed by atoms with E-state index in [0.717, 1.165) is 22.4 Å². The Morgan fingerprint density at radius 2 is 1.67 bits per heavy atom. The number of carbonyl (C=O) groups is 2. The van der Waals surface area contributed by atoms with Gasteiger partial charge in [-0.1, -0.05) is 72.5 Å². The smallest absolute Gasteiger partial charge is 0.336 e. The molecule has 0 radical (unpaired) electrons. The van der Waals surface area contributed by atoms with Gasteiger partial charge in [0.25, 0.3) is 5.91 Å². The molecule has 4 rings (SSSR count). The van der Waals surface area contributed by atoms with Crippen molar-refractivity contribution >= 4 is 52.3 Å². The fourth-order valence-corrected chi connectivity index (χ4v) is 4.69. The molecule has 1 heterocycles. The molecule has 0 atom stereocenters. The fourth-order valence-electron chi connectivity index (χ4n) is 3.43. The molecule has 1 saturated heterocycles. The van der Waals surface area contributed by atoms with E-state index in [0.29, 0.717) is 21.5 Å². The summed E-state index contributed by atoms with van der Waals surface area (Å²) in [7, 11) is 3.08. The molecular formula is C28H23NO5S2. The van der Waals surface area contributed by atoms with Crippen molar-refractivity contribution in [1.82, 2.24) is 4.90 Å². The number of hydrogen-bond donors (Lipinski definition) is 0. The molecule has 1 fully saturated rings. The van der Waals surface area contributed by atoms with Crippen molar-refractivity contribution in [1.29, 1.82) is 0 Å². The van der Waals surface area contributed by atoms with Crippen molar-refractivity contribution in [3.8, 4) is 17.2 Å². The van der Waals surface area contributed by atoms with E-state index in [-0.39, 0.29) is 11.7 Å². The van der Waals surface area contributed by atoms with Crippen LogP contribution in [0.4, 0.5) is 0 Å². The highest BCUT2D eigenvalue weighted by Gasteiger charge is 2.32. The van der Waals surface area contributed by atoms with Crippen LogP contribution in [-0.4, -0.2) is 35.3 Å². The van der Waals surface area contributed by atoms with Crippen LogP contribution in [0.5, 0.6) is 17.2 Å². The van der Waals surface area contributed by atoms with Crippen LogP contribution in [-0.2, 0) is 16.1 Å². The molecule has 182 valence electrons. The minimum Gasteiger partial charge on any atom is -0.497 e. The van der Waals surface area contributed by atoms with Gasteiger partial charge in [-0.2, -0.15) is 0 Å². The lowest BCUT2D eigenvalue weighted by atomic mass is 10.1. The van der Waals surface area contributed by atoms with E-state index in [1.165, 1.54) is 24.9 Å². The summed E-state index contributed by atoms with van der Waals surface area (Å²) in [5, 5.41) is 0. The topological polar surface area (TPSA) is 65.1 Å². The number of thiocarbonyl (C=S) groups is 1. The molecule has 1 aliphatic heterocycles. The molecular weight excluding hydrogens is 494 g/mol. The van der Waals surface area contributed by atoms with E-state index in [9.17, 15) is 9.59 Å². The lowest BCUT2D eigenvalue weighted by Gasteiger charge is -2.14. The first-order valence-corrected chi connectivity index (χ1v) is 12.2. The van der Waals surface area contributed by atoms with Gasteiger partial charge in [0.2, 0.25) is 0 Å². The first-order valence-electron chi connectivity index (χ1n) is 11.0. The Bertz CT molecular complexity index is 1330. The highest BCUT2D eigenvalue weighted by Crippen LogP contribution is 2.35. The quantitative estimate of drug-likeness (QED) is 0.164. The summed E-state index contributed by atoms with van der Waals surface area (Å²) in [4.78, 5) is 27.4. The lowest BCUT2D eigenvalue weighted by molar-refractivity contribution is -0.129. The normalized spacial score (nSPS) is 14.5. The van der Waals surface area contributed by atoms with Gasteiger partial charge >= 0.3 is 5.97 Å². The van der Waals surface area contributed by atoms with Crippen LogP contribution >= 0.6 is 24.0 Å². The molecule has 1 aliphatic rings. The van der Waals surface area contributed by atoms with Gasteiger partial charge in [-0.3, -0.25) is 9.69 Å². The number of benzene rings is 3. The molecule has 0 spiro atoms. The van der Waals surface area contributed by atoms with Gasteiger partial charge in [0.05, 0.1) is 25.7 Å². The Morgan fingerprint density at radius 3 is 2.36 bits per heavy atom. The number of methoxy groups -OCH3 is 2. The Hall–Kier alpha value is -3.88. The molecule has 0 aromatic heterocycles. The summed E-state index contributed by atoms with van der Waals surface area (Å²) in [6, 6.07) is 22.1. The van der Waals surface area contributed by atoms with Gasteiger partial charge in [0.1, 0.15) is 10.1 Å². The molecule has 0 saturated carbocycles. The Labute approximate surface area is 219 Å². The maximum Gasteiger partial charge on any atom is 0.336 e. The number of thioether (sulfide) groups is 1. The van der Waals surface area contributed by atoms with Crippen molar-refractivity contribution in [2.45, 2.75) is 6.54 Å². The number of rotatable bonds is 8. The van der Waals surface area contributed by atoms with Crippen LogP contribution in [0, 0.1) is 0 Å². The van der Waals surface area contributed by atoms with E-state index in [1.807, 2.05) is 54.6 Å². The van der Waals surface area contributed by atoms with Gasteiger partial charge in [-0.05, 0) is 53.1 Å². The zero-order chi connectivity index (χ0) is 25.5. The van der Waals surface area contributed by atoms with Gasteiger partial charge in [0, 0.05) is 6.08 Å². The number of nitrogens with zero attached hydrogens (tertiary/aromatic N) is 1. The van der Waals surface area contributed by atoms with Crippen LogP contribution in [0.15, 0.2) is 83.8 Å². The average molecular weight is 518 g/mol. The molecule has 0 aliphatic carbocycles. The predicted molar refractivity (Wildman–Crippen MR) is 146 cm³/mol. The largest absolute Gasteiger partial charge is 0.497 e. The van der Waals surface area contributed by atoms with Crippen molar-refractivity contribution in [3.63, 3.8) is 0 Å². The zero-order valence-electron chi connectivity index (χ0n) is 19.7. The molecule has 0 N–H and O–H groups in total. The van der Waals surface area contributed by atoms with E-state index < -0.39 is 5.97 Å². The lowest BCUT2D eigenvalue weighted by Crippen LogP contribution is -2.27. The molecule has 1 amide bonds. The van der Waals surface area contributed by atoms with Crippen molar-refractivity contribution in [2.24, 2.45) is 0 Å². The summed E-state index contributed by atoms with van der Waals surface area (Å²) >= 11 is 6.69. The van der Waals surface area contributed by atoms with Gasteiger partial charge in [0.15, 0.2) is 11.5 Å². The Morgan fingerprint density at radius 1 is 0.944 bits per heavy atom. The van der Waals surface area contributed by atoms with Crippen LogP contribution in [0.3, 0.4) is 0 Å². The summed E-state index contributed by atoms with van der Waals surface area (Å²) in [5.74, 6) is 0.689. The van der Waals surface area contributed by atoms with Crippen LogP contribution < -0.4 is 14.2 Å². The monoisotopic (exact) mass is 517 g/mol. The number of hydrogen-bond acceptors (Lipinski definition) is 7. The van der Waals surface area contributed by atoms with E-state index in [1.54, 1.807) is 42.4 Å². The third-order valence-corrected chi connectivity index (χ3v) is 6.66. The highest BCUT2D eigenvalue weighted by atomic mass is 32.2.